The van der Waals surface area contributed by atoms with Crippen LogP contribution in [0.25, 0.3) is 0 Å². The average molecular weight is 231 g/mol. The predicted octanol–water partition coefficient (Wildman–Crippen LogP) is 1.24. The molecule has 1 aliphatic carbocycles. The Kier molecular flexibility index (Phi) is 5.44. The van der Waals surface area contributed by atoms with Gasteiger partial charge in [-0.3, -0.25) is 0 Å². The molecule has 0 bridgehead atoms. The van der Waals surface area contributed by atoms with Crippen molar-refractivity contribution < 1.29 is 19.4 Å². The van der Waals surface area contributed by atoms with Crippen molar-refractivity contribution in [3.8, 4) is 0 Å². The second-order valence-corrected chi connectivity index (χ2v) is 4.78. The molecule has 0 heterocycles. The Morgan fingerprint density at radius 2 is 1.94 bits per heavy atom. The van der Waals surface area contributed by atoms with Crippen molar-refractivity contribution in [1.29, 1.82) is 0 Å². The zero-order chi connectivity index (χ0) is 12.8. The van der Waals surface area contributed by atoms with Gasteiger partial charge in [-0.2, -0.15) is 0 Å². The molecular formula is C11H21NO4. The molecule has 16 heavy (non-hydrogen) atoms. The summed E-state index contributed by atoms with van der Waals surface area (Å²) in [6, 6.07) is 0. The fraction of sp³-hybridized carbons (Fsp3) is 0.818. The van der Waals surface area contributed by atoms with Crippen molar-refractivity contribution in [2.45, 2.75) is 51.2 Å². The van der Waals surface area contributed by atoms with Gasteiger partial charge in [-0.1, -0.05) is 0 Å². The number of hydrogen-bond donors (Lipinski definition) is 2. The van der Waals surface area contributed by atoms with E-state index in [-0.39, 0.29) is 5.54 Å². The van der Waals surface area contributed by atoms with E-state index in [1.807, 2.05) is 20.8 Å². The molecule has 0 unspecified atom stereocenters. The van der Waals surface area contributed by atoms with Crippen LogP contribution < -0.4 is 5.32 Å². The Bertz CT molecular complexity index is 241. The lowest BCUT2D eigenvalue weighted by Gasteiger charge is -2.22. The van der Waals surface area contributed by atoms with Gasteiger partial charge in [-0.15, -0.1) is 0 Å². The quantitative estimate of drug-likeness (QED) is 0.716. The van der Waals surface area contributed by atoms with E-state index in [4.69, 9.17) is 9.84 Å². The van der Waals surface area contributed by atoms with Crippen molar-refractivity contribution in [2.75, 3.05) is 7.11 Å². The zero-order valence-electron chi connectivity index (χ0n) is 10.4. The van der Waals surface area contributed by atoms with Crippen LogP contribution in [0.4, 0.5) is 4.79 Å². The van der Waals surface area contributed by atoms with Gasteiger partial charge in [-0.25, -0.2) is 4.79 Å². The molecule has 1 saturated carbocycles. The highest BCUT2D eigenvalue weighted by atomic mass is 16.6. The molecule has 1 amide bonds. The van der Waals surface area contributed by atoms with E-state index >= 15 is 0 Å². The van der Waals surface area contributed by atoms with Gasteiger partial charge in [-0.05, 0) is 33.6 Å². The minimum atomic E-state index is -0.485. The first kappa shape index (κ1) is 14.9. The average Bonchev–Trinajstić information content (AvgIpc) is 2.85. The van der Waals surface area contributed by atoms with E-state index in [9.17, 15) is 9.59 Å². The van der Waals surface area contributed by atoms with Crippen molar-refractivity contribution in [3.63, 3.8) is 0 Å². The standard InChI is InChI=1S/C10H17NO3.CH4O/c1-9(2,3)14-8(13)11-10(4-5-10)6-7-12;1-2/h7H,4-6H2,1-3H3,(H,11,13);2H,1H3. The van der Waals surface area contributed by atoms with Crippen LogP contribution in [0.1, 0.15) is 40.0 Å². The monoisotopic (exact) mass is 231 g/mol. The molecule has 1 fully saturated rings. The van der Waals surface area contributed by atoms with Crippen LogP contribution in [0.15, 0.2) is 0 Å². The number of aliphatic hydroxyl groups excluding tert-OH is 1. The maximum absolute atomic E-state index is 11.3. The number of nitrogens with one attached hydrogen (secondary N) is 1. The maximum atomic E-state index is 11.3. The van der Waals surface area contributed by atoms with E-state index in [1.54, 1.807) is 0 Å². The summed E-state index contributed by atoms with van der Waals surface area (Å²) < 4.78 is 5.09. The summed E-state index contributed by atoms with van der Waals surface area (Å²) in [6.07, 6.45) is 2.52. The summed E-state index contributed by atoms with van der Waals surface area (Å²) in [4.78, 5) is 21.7. The number of hydrogen-bond acceptors (Lipinski definition) is 4. The van der Waals surface area contributed by atoms with Gasteiger partial charge in [0.25, 0.3) is 0 Å². The Balaban J connectivity index is 0.00000106. The first-order valence-electron chi connectivity index (χ1n) is 5.26. The van der Waals surface area contributed by atoms with E-state index < -0.39 is 11.7 Å². The van der Waals surface area contributed by atoms with E-state index in [1.165, 1.54) is 0 Å². The van der Waals surface area contributed by atoms with Crippen LogP contribution in [0.3, 0.4) is 0 Å². The predicted molar refractivity (Wildman–Crippen MR) is 60.2 cm³/mol. The third-order valence-electron chi connectivity index (χ3n) is 2.09. The summed E-state index contributed by atoms with van der Waals surface area (Å²) in [5.74, 6) is 0. The van der Waals surface area contributed by atoms with Crippen molar-refractivity contribution in [1.82, 2.24) is 5.32 Å². The molecule has 5 heteroatoms. The second-order valence-electron chi connectivity index (χ2n) is 4.78. The van der Waals surface area contributed by atoms with E-state index in [2.05, 4.69) is 5.32 Å². The molecule has 5 nitrogen and oxygen atoms in total. The second kappa shape index (κ2) is 5.84. The molecule has 0 spiro atoms. The van der Waals surface area contributed by atoms with Gasteiger partial charge in [0.1, 0.15) is 11.9 Å². The molecule has 0 aliphatic heterocycles. The number of aliphatic hydroxyl groups is 1. The van der Waals surface area contributed by atoms with Crippen LogP contribution in [0.5, 0.6) is 0 Å². The van der Waals surface area contributed by atoms with Crippen LogP contribution in [0, 0.1) is 0 Å². The molecule has 0 aromatic heterocycles. The molecule has 0 atom stereocenters. The Morgan fingerprint density at radius 3 is 2.25 bits per heavy atom. The molecule has 0 saturated heterocycles. The molecular weight excluding hydrogens is 210 g/mol. The zero-order valence-corrected chi connectivity index (χ0v) is 10.4. The van der Waals surface area contributed by atoms with Gasteiger partial charge in [0, 0.05) is 13.5 Å². The normalized spacial score (nSPS) is 16.6. The van der Waals surface area contributed by atoms with Gasteiger partial charge in [0.05, 0.1) is 5.54 Å². The molecule has 1 rings (SSSR count). The molecule has 0 aromatic carbocycles. The third kappa shape index (κ3) is 5.70. The minimum Gasteiger partial charge on any atom is -0.444 e. The summed E-state index contributed by atoms with van der Waals surface area (Å²) in [7, 11) is 1.00. The lowest BCUT2D eigenvalue weighted by Crippen LogP contribution is -2.40. The first-order chi connectivity index (χ1) is 7.37. The van der Waals surface area contributed by atoms with E-state index in [0.29, 0.717) is 6.42 Å². The number of alkyl carbamates (subject to hydrolysis) is 1. The SMILES string of the molecule is CC(C)(C)OC(=O)NC1(CC=O)CC1.CO. The number of carbonyl (C=O) groups is 2. The van der Waals surface area contributed by atoms with Crippen molar-refractivity contribution in [2.24, 2.45) is 0 Å². The van der Waals surface area contributed by atoms with Gasteiger partial charge >= 0.3 is 6.09 Å². The van der Waals surface area contributed by atoms with Crippen LogP contribution in [0.2, 0.25) is 0 Å². The van der Waals surface area contributed by atoms with Crippen molar-refractivity contribution in [3.05, 3.63) is 0 Å². The fourth-order valence-electron chi connectivity index (χ4n) is 1.21. The van der Waals surface area contributed by atoms with Crippen LogP contribution in [-0.4, -0.2) is 35.7 Å². The highest BCUT2D eigenvalue weighted by Crippen LogP contribution is 2.38. The molecule has 0 radical (unpaired) electrons. The molecule has 1 aliphatic rings. The Morgan fingerprint density at radius 1 is 1.44 bits per heavy atom. The Labute approximate surface area is 96.2 Å². The van der Waals surface area contributed by atoms with Gasteiger partial charge < -0.3 is 20.0 Å². The maximum Gasteiger partial charge on any atom is 0.408 e. The minimum absolute atomic E-state index is 0.302. The number of aldehydes is 1. The highest BCUT2D eigenvalue weighted by Gasteiger charge is 2.44. The number of ether oxygens (including phenoxy) is 1. The summed E-state index contributed by atoms with van der Waals surface area (Å²) in [5.41, 5.74) is -0.786. The first-order valence-corrected chi connectivity index (χ1v) is 5.26. The van der Waals surface area contributed by atoms with Crippen LogP contribution in [-0.2, 0) is 9.53 Å². The molecule has 2 N–H and O–H groups in total. The smallest absolute Gasteiger partial charge is 0.408 e. The van der Waals surface area contributed by atoms with Gasteiger partial charge in [0.2, 0.25) is 0 Å². The number of carbonyl (C=O) groups excluding carboxylic acids is 2. The lowest BCUT2D eigenvalue weighted by atomic mass is 10.2. The lowest BCUT2D eigenvalue weighted by molar-refractivity contribution is -0.108. The fourth-order valence-corrected chi connectivity index (χ4v) is 1.21. The molecule has 0 aromatic rings. The number of rotatable bonds is 3. The third-order valence-corrected chi connectivity index (χ3v) is 2.09. The Hall–Kier alpha value is -1.10. The van der Waals surface area contributed by atoms with Gasteiger partial charge in [0.15, 0.2) is 0 Å². The van der Waals surface area contributed by atoms with E-state index in [0.717, 1.165) is 26.2 Å². The highest BCUT2D eigenvalue weighted by molar-refractivity contribution is 5.70. The molecule has 94 valence electrons. The summed E-state index contributed by atoms with van der Waals surface area (Å²) in [6.45, 7) is 5.43. The van der Waals surface area contributed by atoms with Crippen molar-refractivity contribution >= 4 is 12.4 Å². The summed E-state index contributed by atoms with van der Waals surface area (Å²) in [5, 5.41) is 9.73. The largest absolute Gasteiger partial charge is 0.444 e. The summed E-state index contributed by atoms with van der Waals surface area (Å²) >= 11 is 0. The topological polar surface area (TPSA) is 75.6 Å². The number of amides is 1. The van der Waals surface area contributed by atoms with Crippen LogP contribution >= 0.6 is 0 Å².